The number of carboxylic acid groups (broad SMARTS) is 2. The Kier molecular flexibility index (Phi) is 5.35. The molecule has 2 unspecified atom stereocenters. The van der Waals surface area contributed by atoms with E-state index in [0.717, 1.165) is 0 Å². The summed E-state index contributed by atoms with van der Waals surface area (Å²) in [6, 6.07) is 0.542. The average Bonchev–Trinajstić information content (AvgIpc) is 2.32. The molecule has 2 N–H and O–H groups in total. The third-order valence-corrected chi connectivity index (χ3v) is 2.71. The standard InChI is InChI=1S/C12H16N4O4/c1-11(2,5-13)7(9(17)18)15-16-8(10(19)20)12(3,4)6-14/h7-8H,1-4H3,(H,17,18)(H,19,20). The fourth-order valence-corrected chi connectivity index (χ4v) is 1.26. The van der Waals surface area contributed by atoms with Crippen LogP contribution < -0.4 is 0 Å². The Morgan fingerprint density at radius 3 is 1.30 bits per heavy atom. The topological polar surface area (TPSA) is 147 Å². The van der Waals surface area contributed by atoms with E-state index in [4.69, 9.17) is 20.7 Å². The molecule has 0 aromatic carbocycles. The maximum atomic E-state index is 11.1. The van der Waals surface area contributed by atoms with Gasteiger partial charge in [-0.3, -0.25) is 0 Å². The van der Waals surface area contributed by atoms with Crippen LogP contribution >= 0.6 is 0 Å². The van der Waals surface area contributed by atoms with Gasteiger partial charge in [0.05, 0.1) is 23.0 Å². The minimum atomic E-state index is -1.51. The van der Waals surface area contributed by atoms with E-state index in [-0.39, 0.29) is 0 Å². The summed E-state index contributed by atoms with van der Waals surface area (Å²) in [4.78, 5) is 22.2. The number of nitrogens with zero attached hydrogens (tertiary/aromatic N) is 4. The van der Waals surface area contributed by atoms with Gasteiger partial charge >= 0.3 is 11.9 Å². The maximum Gasteiger partial charge on any atom is 0.332 e. The van der Waals surface area contributed by atoms with Crippen LogP contribution in [0.15, 0.2) is 10.2 Å². The highest BCUT2D eigenvalue weighted by molar-refractivity contribution is 5.76. The van der Waals surface area contributed by atoms with Crippen LogP contribution in [0.2, 0.25) is 0 Å². The van der Waals surface area contributed by atoms with Crippen molar-refractivity contribution in [3.8, 4) is 12.1 Å². The molecule has 0 aliphatic heterocycles. The van der Waals surface area contributed by atoms with Crippen molar-refractivity contribution in [1.82, 2.24) is 0 Å². The lowest BCUT2D eigenvalue weighted by Crippen LogP contribution is -2.36. The molecular weight excluding hydrogens is 264 g/mol. The van der Waals surface area contributed by atoms with Gasteiger partial charge in [-0.15, -0.1) is 0 Å². The molecule has 0 aromatic heterocycles. The summed E-state index contributed by atoms with van der Waals surface area (Å²) in [7, 11) is 0. The lowest BCUT2D eigenvalue weighted by molar-refractivity contribution is -0.142. The maximum absolute atomic E-state index is 11.1. The molecule has 0 heterocycles. The summed E-state index contributed by atoms with van der Waals surface area (Å²) in [5.41, 5.74) is -2.70. The molecule has 0 aliphatic rings. The van der Waals surface area contributed by atoms with E-state index in [2.05, 4.69) is 10.2 Å². The average molecular weight is 280 g/mol. The Labute approximate surface area is 116 Å². The third kappa shape index (κ3) is 4.02. The van der Waals surface area contributed by atoms with E-state index < -0.39 is 34.9 Å². The van der Waals surface area contributed by atoms with Gasteiger partial charge in [-0.2, -0.15) is 20.8 Å². The van der Waals surface area contributed by atoms with Crippen molar-refractivity contribution in [2.75, 3.05) is 0 Å². The summed E-state index contributed by atoms with van der Waals surface area (Å²) >= 11 is 0. The molecule has 0 aromatic rings. The number of carboxylic acids is 2. The first kappa shape index (κ1) is 17.5. The fourth-order valence-electron chi connectivity index (χ4n) is 1.26. The summed E-state index contributed by atoms with van der Waals surface area (Å²) in [5.74, 6) is -2.78. The summed E-state index contributed by atoms with van der Waals surface area (Å²) in [6.45, 7) is 5.43. The van der Waals surface area contributed by atoms with Gasteiger partial charge in [0.2, 0.25) is 0 Å². The molecule has 108 valence electrons. The highest BCUT2D eigenvalue weighted by atomic mass is 16.4. The van der Waals surface area contributed by atoms with Crippen LogP contribution in [0.5, 0.6) is 0 Å². The molecule has 8 heteroatoms. The Balaban J connectivity index is 5.53. The van der Waals surface area contributed by atoms with Crippen molar-refractivity contribution in [2.24, 2.45) is 21.1 Å². The number of azo groups is 1. The van der Waals surface area contributed by atoms with Crippen LogP contribution in [0.25, 0.3) is 0 Å². The first-order valence-electron chi connectivity index (χ1n) is 5.67. The van der Waals surface area contributed by atoms with Gasteiger partial charge < -0.3 is 10.2 Å². The largest absolute Gasteiger partial charge is 0.480 e. The van der Waals surface area contributed by atoms with Crippen LogP contribution in [0, 0.1) is 33.5 Å². The van der Waals surface area contributed by atoms with Gasteiger partial charge in [-0.05, 0) is 27.7 Å². The molecule has 0 rings (SSSR count). The van der Waals surface area contributed by atoms with Gasteiger partial charge in [0.15, 0.2) is 12.1 Å². The highest BCUT2D eigenvalue weighted by Gasteiger charge is 2.39. The molecule has 20 heavy (non-hydrogen) atoms. The Morgan fingerprint density at radius 1 is 0.900 bits per heavy atom. The predicted octanol–water partition coefficient (Wildman–Crippen LogP) is 1.44. The molecule has 0 bridgehead atoms. The number of nitriles is 2. The number of hydrogen-bond acceptors (Lipinski definition) is 6. The summed E-state index contributed by atoms with van der Waals surface area (Å²) < 4.78 is 0. The molecule has 8 nitrogen and oxygen atoms in total. The van der Waals surface area contributed by atoms with E-state index in [9.17, 15) is 9.59 Å². The van der Waals surface area contributed by atoms with E-state index in [1.807, 2.05) is 0 Å². The lowest BCUT2D eigenvalue weighted by atomic mass is 9.86. The van der Waals surface area contributed by atoms with Crippen molar-refractivity contribution in [2.45, 2.75) is 39.8 Å². The van der Waals surface area contributed by atoms with Crippen molar-refractivity contribution >= 4 is 11.9 Å². The zero-order valence-electron chi connectivity index (χ0n) is 11.7. The smallest absolute Gasteiger partial charge is 0.332 e. The molecule has 0 amide bonds. The monoisotopic (exact) mass is 280 g/mol. The van der Waals surface area contributed by atoms with Crippen molar-refractivity contribution in [3.05, 3.63) is 0 Å². The molecule has 0 radical (unpaired) electrons. The molecule has 0 aliphatic carbocycles. The molecule has 0 fully saturated rings. The first-order valence-corrected chi connectivity index (χ1v) is 5.67. The summed E-state index contributed by atoms with van der Waals surface area (Å²) in [6.07, 6.45) is 0. The van der Waals surface area contributed by atoms with Gasteiger partial charge in [0.25, 0.3) is 0 Å². The fraction of sp³-hybridized carbons (Fsp3) is 0.667. The van der Waals surface area contributed by atoms with Crippen molar-refractivity contribution < 1.29 is 19.8 Å². The van der Waals surface area contributed by atoms with Crippen LogP contribution in [-0.2, 0) is 9.59 Å². The number of aliphatic carboxylic acids is 2. The zero-order chi connectivity index (χ0) is 16.1. The quantitative estimate of drug-likeness (QED) is 0.703. The van der Waals surface area contributed by atoms with E-state index in [0.29, 0.717) is 0 Å². The van der Waals surface area contributed by atoms with Crippen molar-refractivity contribution in [1.29, 1.82) is 10.5 Å². The van der Waals surface area contributed by atoms with Gasteiger partial charge in [-0.1, -0.05) is 0 Å². The predicted molar refractivity (Wildman–Crippen MR) is 66.5 cm³/mol. The number of carbonyl (C=O) groups is 2. The van der Waals surface area contributed by atoms with Crippen LogP contribution in [0.3, 0.4) is 0 Å². The molecule has 2 atom stereocenters. The van der Waals surface area contributed by atoms with E-state index in [1.165, 1.54) is 27.7 Å². The van der Waals surface area contributed by atoms with E-state index in [1.54, 1.807) is 12.1 Å². The first-order chi connectivity index (χ1) is 8.99. The zero-order valence-corrected chi connectivity index (χ0v) is 11.7. The highest BCUT2D eigenvalue weighted by Crippen LogP contribution is 2.26. The van der Waals surface area contributed by atoms with Crippen LogP contribution in [0.4, 0.5) is 0 Å². The Hall–Kier alpha value is -2.48. The van der Waals surface area contributed by atoms with Gasteiger partial charge in [-0.25, -0.2) is 9.59 Å². The molecule has 0 saturated heterocycles. The number of rotatable bonds is 6. The van der Waals surface area contributed by atoms with Crippen LogP contribution in [-0.4, -0.2) is 34.2 Å². The second kappa shape index (κ2) is 6.11. The van der Waals surface area contributed by atoms with Gasteiger partial charge in [0, 0.05) is 0 Å². The third-order valence-electron chi connectivity index (χ3n) is 2.71. The van der Waals surface area contributed by atoms with Crippen LogP contribution in [0.1, 0.15) is 27.7 Å². The minimum absolute atomic E-state index is 1.35. The second-order valence-corrected chi connectivity index (χ2v) is 5.38. The Bertz CT molecular complexity index is 465. The molecular formula is C12H16N4O4. The van der Waals surface area contributed by atoms with Crippen molar-refractivity contribution in [3.63, 3.8) is 0 Å². The minimum Gasteiger partial charge on any atom is -0.480 e. The molecule has 0 saturated carbocycles. The normalized spacial score (nSPS) is 15.1. The number of hydrogen-bond donors (Lipinski definition) is 2. The second-order valence-electron chi connectivity index (χ2n) is 5.38. The molecule has 0 spiro atoms. The SMILES string of the molecule is CC(C)(C#N)C(N=NC(C(=O)O)C(C)(C)C#N)C(=O)O. The lowest BCUT2D eigenvalue weighted by Gasteiger charge is -2.22. The summed E-state index contributed by atoms with van der Waals surface area (Å²) in [5, 5.41) is 42.8. The van der Waals surface area contributed by atoms with Gasteiger partial charge in [0.1, 0.15) is 0 Å². The Morgan fingerprint density at radius 2 is 1.15 bits per heavy atom. The van der Waals surface area contributed by atoms with E-state index >= 15 is 0 Å².